The fraction of sp³-hybridized carbons (Fsp3) is 0.917. The highest BCUT2D eigenvalue weighted by Gasteiger charge is 2.62. The lowest BCUT2D eigenvalue weighted by atomic mass is 10.1. The van der Waals surface area contributed by atoms with Gasteiger partial charge in [-0.2, -0.15) is 0 Å². The average molecular weight is 210 g/mol. The predicted octanol–water partition coefficient (Wildman–Crippen LogP) is 1.23. The zero-order valence-electron chi connectivity index (χ0n) is 9.99. The van der Waals surface area contributed by atoms with Crippen LogP contribution >= 0.6 is 0 Å². The van der Waals surface area contributed by atoms with E-state index in [4.69, 9.17) is 5.73 Å². The van der Waals surface area contributed by atoms with Crippen LogP contribution in [0.1, 0.15) is 33.6 Å². The van der Waals surface area contributed by atoms with Crippen LogP contribution in [0, 0.1) is 17.3 Å². The van der Waals surface area contributed by atoms with Gasteiger partial charge in [-0.15, -0.1) is 0 Å². The van der Waals surface area contributed by atoms with Gasteiger partial charge in [0.25, 0.3) is 0 Å². The summed E-state index contributed by atoms with van der Waals surface area (Å²) in [5.41, 5.74) is 6.15. The van der Waals surface area contributed by atoms with Crippen molar-refractivity contribution in [3.05, 3.63) is 0 Å². The first-order valence-electron chi connectivity index (χ1n) is 5.96. The molecule has 0 bridgehead atoms. The van der Waals surface area contributed by atoms with Gasteiger partial charge in [0, 0.05) is 25.6 Å². The largest absolute Gasteiger partial charge is 0.342 e. The van der Waals surface area contributed by atoms with E-state index in [1.165, 1.54) is 0 Å². The minimum atomic E-state index is 0.141. The first-order chi connectivity index (χ1) is 6.93. The van der Waals surface area contributed by atoms with E-state index in [9.17, 15) is 4.79 Å². The van der Waals surface area contributed by atoms with Crippen LogP contribution in [0.3, 0.4) is 0 Å². The Morgan fingerprint density at radius 2 is 2.00 bits per heavy atom. The molecule has 0 radical (unpaired) electrons. The Balaban J connectivity index is 1.77. The molecule has 0 aromatic carbocycles. The van der Waals surface area contributed by atoms with Crippen molar-refractivity contribution in [1.29, 1.82) is 0 Å². The van der Waals surface area contributed by atoms with Crippen LogP contribution in [0.5, 0.6) is 0 Å². The van der Waals surface area contributed by atoms with E-state index < -0.39 is 0 Å². The number of fused-ring (bicyclic) bond motifs is 1. The molecule has 3 heteroatoms. The SMILES string of the molecule is CC(N)CCC(=O)N1CC2C(C1)C2(C)C. The van der Waals surface area contributed by atoms with Crippen LogP contribution < -0.4 is 5.73 Å². The van der Waals surface area contributed by atoms with Crippen molar-refractivity contribution in [1.82, 2.24) is 4.90 Å². The Labute approximate surface area is 92.0 Å². The molecular formula is C12H22N2O. The minimum Gasteiger partial charge on any atom is -0.342 e. The van der Waals surface area contributed by atoms with Crippen molar-refractivity contribution >= 4 is 5.91 Å². The summed E-state index contributed by atoms with van der Waals surface area (Å²) >= 11 is 0. The van der Waals surface area contributed by atoms with Gasteiger partial charge in [0.15, 0.2) is 0 Å². The highest BCUT2D eigenvalue weighted by molar-refractivity contribution is 5.76. The second-order valence-electron chi connectivity index (χ2n) is 5.85. The lowest BCUT2D eigenvalue weighted by Crippen LogP contribution is -2.33. The van der Waals surface area contributed by atoms with Crippen molar-refractivity contribution in [3.8, 4) is 0 Å². The molecule has 1 saturated carbocycles. The average Bonchev–Trinajstić information content (AvgIpc) is 2.55. The number of likely N-dealkylation sites (tertiary alicyclic amines) is 1. The summed E-state index contributed by atoms with van der Waals surface area (Å²) in [5.74, 6) is 1.82. The van der Waals surface area contributed by atoms with E-state index in [0.717, 1.165) is 31.3 Å². The highest BCUT2D eigenvalue weighted by atomic mass is 16.2. The molecule has 2 rings (SSSR count). The predicted molar refractivity (Wildman–Crippen MR) is 60.2 cm³/mol. The van der Waals surface area contributed by atoms with Crippen LogP contribution in [0.2, 0.25) is 0 Å². The van der Waals surface area contributed by atoms with Gasteiger partial charge in [-0.05, 0) is 30.6 Å². The van der Waals surface area contributed by atoms with Crippen molar-refractivity contribution < 1.29 is 4.79 Å². The van der Waals surface area contributed by atoms with Crippen LogP contribution in [-0.4, -0.2) is 29.9 Å². The second-order valence-corrected chi connectivity index (χ2v) is 5.85. The highest BCUT2D eigenvalue weighted by Crippen LogP contribution is 2.61. The van der Waals surface area contributed by atoms with Crippen LogP contribution in [0.15, 0.2) is 0 Å². The Kier molecular flexibility index (Phi) is 2.53. The maximum absolute atomic E-state index is 11.8. The van der Waals surface area contributed by atoms with Gasteiger partial charge in [-0.25, -0.2) is 0 Å². The summed E-state index contributed by atoms with van der Waals surface area (Å²) in [5, 5.41) is 0. The van der Waals surface area contributed by atoms with Gasteiger partial charge < -0.3 is 10.6 Å². The lowest BCUT2D eigenvalue weighted by molar-refractivity contribution is -0.131. The normalized spacial score (nSPS) is 33.7. The molecule has 3 unspecified atom stereocenters. The summed E-state index contributed by atoms with van der Waals surface area (Å²) in [6.45, 7) is 8.54. The molecule has 2 fully saturated rings. The molecule has 0 aromatic rings. The first kappa shape index (κ1) is 10.9. The molecule has 1 heterocycles. The topological polar surface area (TPSA) is 46.3 Å². The molecule has 86 valence electrons. The molecule has 0 aromatic heterocycles. The summed E-state index contributed by atoms with van der Waals surface area (Å²) in [4.78, 5) is 13.8. The van der Waals surface area contributed by atoms with Gasteiger partial charge in [-0.1, -0.05) is 13.8 Å². The number of hydrogen-bond acceptors (Lipinski definition) is 2. The first-order valence-corrected chi connectivity index (χ1v) is 5.96. The van der Waals surface area contributed by atoms with Crippen LogP contribution in [-0.2, 0) is 4.79 Å². The molecule has 1 aliphatic heterocycles. The zero-order valence-corrected chi connectivity index (χ0v) is 9.99. The molecule has 2 aliphatic rings. The molecular weight excluding hydrogens is 188 g/mol. The number of nitrogens with two attached hydrogens (primary N) is 1. The van der Waals surface area contributed by atoms with Crippen molar-refractivity contribution in [2.24, 2.45) is 23.0 Å². The van der Waals surface area contributed by atoms with Crippen molar-refractivity contribution in [2.75, 3.05) is 13.1 Å². The van der Waals surface area contributed by atoms with Gasteiger partial charge in [0.2, 0.25) is 5.91 Å². The molecule has 3 atom stereocenters. The van der Waals surface area contributed by atoms with Gasteiger partial charge in [-0.3, -0.25) is 4.79 Å². The monoisotopic (exact) mass is 210 g/mol. The quantitative estimate of drug-likeness (QED) is 0.761. The maximum atomic E-state index is 11.8. The van der Waals surface area contributed by atoms with Gasteiger partial charge >= 0.3 is 0 Å². The Hall–Kier alpha value is -0.570. The fourth-order valence-electron chi connectivity index (χ4n) is 2.84. The molecule has 3 nitrogen and oxygen atoms in total. The zero-order chi connectivity index (χ0) is 11.2. The lowest BCUT2D eigenvalue weighted by Gasteiger charge is -2.22. The van der Waals surface area contributed by atoms with E-state index >= 15 is 0 Å². The fourth-order valence-corrected chi connectivity index (χ4v) is 2.84. The minimum absolute atomic E-state index is 0.141. The summed E-state index contributed by atoms with van der Waals surface area (Å²) in [6.07, 6.45) is 1.44. The van der Waals surface area contributed by atoms with Crippen LogP contribution in [0.4, 0.5) is 0 Å². The molecule has 1 aliphatic carbocycles. The van der Waals surface area contributed by atoms with Gasteiger partial charge in [0.1, 0.15) is 0 Å². The van der Waals surface area contributed by atoms with Crippen LogP contribution in [0.25, 0.3) is 0 Å². The Morgan fingerprint density at radius 3 is 2.47 bits per heavy atom. The van der Waals surface area contributed by atoms with E-state index in [2.05, 4.69) is 13.8 Å². The van der Waals surface area contributed by atoms with E-state index in [1.807, 2.05) is 11.8 Å². The number of rotatable bonds is 3. The van der Waals surface area contributed by atoms with Crippen molar-refractivity contribution in [2.45, 2.75) is 39.7 Å². The van der Waals surface area contributed by atoms with Gasteiger partial charge in [0.05, 0.1) is 0 Å². The number of amides is 1. The Bertz CT molecular complexity index is 259. The van der Waals surface area contributed by atoms with E-state index in [-0.39, 0.29) is 6.04 Å². The maximum Gasteiger partial charge on any atom is 0.222 e. The van der Waals surface area contributed by atoms with E-state index in [1.54, 1.807) is 0 Å². The summed E-state index contributed by atoms with van der Waals surface area (Å²) in [6, 6.07) is 0.141. The third kappa shape index (κ3) is 1.89. The number of piperidine rings is 1. The van der Waals surface area contributed by atoms with Crippen molar-refractivity contribution in [3.63, 3.8) is 0 Å². The second kappa shape index (κ2) is 3.48. The smallest absolute Gasteiger partial charge is 0.222 e. The molecule has 2 N–H and O–H groups in total. The molecule has 15 heavy (non-hydrogen) atoms. The standard InChI is InChI=1S/C12H22N2O/c1-8(13)4-5-11(15)14-6-9-10(7-14)12(9,2)3/h8-10H,4-7,13H2,1-3H3. The molecule has 1 amide bonds. The molecule has 1 saturated heterocycles. The summed E-state index contributed by atoms with van der Waals surface area (Å²) < 4.78 is 0. The number of carbonyl (C=O) groups excluding carboxylic acids is 1. The van der Waals surface area contributed by atoms with E-state index in [0.29, 0.717) is 17.7 Å². The molecule has 0 spiro atoms. The number of hydrogen-bond donors (Lipinski definition) is 1. The number of carbonyl (C=O) groups is 1. The third-order valence-corrected chi connectivity index (χ3v) is 4.29. The Morgan fingerprint density at radius 1 is 1.47 bits per heavy atom. The summed E-state index contributed by atoms with van der Waals surface area (Å²) in [7, 11) is 0. The third-order valence-electron chi connectivity index (χ3n) is 4.29. The number of nitrogens with zero attached hydrogens (tertiary/aromatic N) is 1.